The number of carbonyl (C=O) groups excluding carboxylic acids is 1. The molecule has 6 heteroatoms. The van der Waals surface area contributed by atoms with E-state index in [9.17, 15) is 4.79 Å². The second-order valence-corrected chi connectivity index (χ2v) is 8.06. The summed E-state index contributed by atoms with van der Waals surface area (Å²) in [5.41, 5.74) is 1.85. The molecule has 0 aliphatic rings. The Morgan fingerprint density at radius 3 is 2.33 bits per heavy atom. The summed E-state index contributed by atoms with van der Waals surface area (Å²) in [5, 5.41) is 0. The van der Waals surface area contributed by atoms with Crippen molar-refractivity contribution in [1.82, 2.24) is 0 Å². The molecule has 0 saturated heterocycles. The van der Waals surface area contributed by atoms with Crippen LogP contribution in [0.25, 0.3) is 0 Å². The Bertz CT molecular complexity index is 1080. The maximum Gasteiger partial charge on any atom is 0.315 e. The molecule has 0 saturated carbocycles. The highest BCUT2D eigenvalue weighted by Gasteiger charge is 2.21. The Kier molecular flexibility index (Phi) is 10.9. The molecule has 0 aliphatic heterocycles. The summed E-state index contributed by atoms with van der Waals surface area (Å²) in [7, 11) is 1.57. The highest BCUT2D eigenvalue weighted by molar-refractivity contribution is 5.78. The summed E-state index contributed by atoms with van der Waals surface area (Å²) < 4.78 is 28.1. The van der Waals surface area contributed by atoms with Gasteiger partial charge in [-0.25, -0.2) is 0 Å². The zero-order chi connectivity index (χ0) is 25.6. The lowest BCUT2D eigenvalue weighted by molar-refractivity contribution is -0.146. The average molecular weight is 491 g/mol. The van der Waals surface area contributed by atoms with Gasteiger partial charge in [0.1, 0.15) is 28.9 Å². The van der Waals surface area contributed by atoms with Gasteiger partial charge < -0.3 is 23.7 Å². The van der Waals surface area contributed by atoms with Crippen LogP contribution in [0, 0.1) is 0 Å². The van der Waals surface area contributed by atoms with Crippen molar-refractivity contribution in [2.24, 2.45) is 0 Å². The van der Waals surface area contributed by atoms with Gasteiger partial charge in [-0.05, 0) is 61.4 Å². The van der Waals surface area contributed by atoms with E-state index in [-0.39, 0.29) is 12.6 Å². The van der Waals surface area contributed by atoms with Crippen molar-refractivity contribution >= 4 is 5.97 Å². The zero-order valence-electron chi connectivity index (χ0n) is 21.0. The molecule has 3 rings (SSSR count). The van der Waals surface area contributed by atoms with Crippen LogP contribution in [0.4, 0.5) is 0 Å². The molecule has 36 heavy (non-hydrogen) atoms. The van der Waals surface area contributed by atoms with Crippen LogP contribution >= 0.6 is 0 Å². The Balaban J connectivity index is 1.48. The molecule has 0 aromatic heterocycles. The average Bonchev–Trinajstić information content (AvgIpc) is 2.89. The summed E-state index contributed by atoms with van der Waals surface area (Å²) in [6.45, 7) is 7.26. The molecular formula is C30H34O6. The van der Waals surface area contributed by atoms with Gasteiger partial charge in [0.25, 0.3) is 0 Å². The second-order valence-electron chi connectivity index (χ2n) is 8.06. The van der Waals surface area contributed by atoms with Crippen molar-refractivity contribution in [1.29, 1.82) is 0 Å². The predicted molar refractivity (Wildman–Crippen MR) is 140 cm³/mol. The largest absolute Gasteiger partial charge is 0.493 e. The maximum atomic E-state index is 12.2. The van der Waals surface area contributed by atoms with Crippen LogP contribution in [0.5, 0.6) is 23.0 Å². The number of allylic oxidation sites excluding steroid dienone is 1. The van der Waals surface area contributed by atoms with Gasteiger partial charge in [-0.3, -0.25) is 4.79 Å². The van der Waals surface area contributed by atoms with Crippen LogP contribution in [0.2, 0.25) is 0 Å². The van der Waals surface area contributed by atoms with E-state index in [1.807, 2.05) is 78.9 Å². The van der Waals surface area contributed by atoms with Crippen molar-refractivity contribution < 1.29 is 28.5 Å². The fraction of sp³-hybridized carbons (Fsp3) is 0.300. The third kappa shape index (κ3) is 8.17. The van der Waals surface area contributed by atoms with E-state index in [2.05, 4.69) is 6.58 Å². The van der Waals surface area contributed by atoms with Crippen molar-refractivity contribution in [3.8, 4) is 23.0 Å². The SMILES string of the molecule is C=CCc1cc(Oc2ccccc2)ccc1OCCCOc1ccc(C(COC)C(=O)OCC)cc1. The summed E-state index contributed by atoms with van der Waals surface area (Å²) in [5.74, 6) is 2.34. The summed E-state index contributed by atoms with van der Waals surface area (Å²) in [4.78, 5) is 12.2. The van der Waals surface area contributed by atoms with E-state index in [0.717, 1.165) is 34.1 Å². The lowest BCUT2D eigenvalue weighted by Gasteiger charge is -2.16. The van der Waals surface area contributed by atoms with Gasteiger partial charge in [-0.15, -0.1) is 6.58 Å². The quantitative estimate of drug-likeness (QED) is 0.141. The second kappa shape index (κ2) is 14.6. The van der Waals surface area contributed by atoms with Gasteiger partial charge in [0.05, 0.1) is 26.4 Å². The van der Waals surface area contributed by atoms with Gasteiger partial charge in [0, 0.05) is 19.1 Å². The first-order chi connectivity index (χ1) is 17.6. The third-order valence-electron chi connectivity index (χ3n) is 5.38. The highest BCUT2D eigenvalue weighted by Crippen LogP contribution is 2.28. The molecule has 0 aliphatic carbocycles. The molecule has 0 radical (unpaired) electrons. The molecule has 6 nitrogen and oxygen atoms in total. The van der Waals surface area contributed by atoms with E-state index < -0.39 is 5.92 Å². The number of benzene rings is 3. The van der Waals surface area contributed by atoms with Gasteiger partial charge >= 0.3 is 5.97 Å². The topological polar surface area (TPSA) is 63.2 Å². The number of hydrogen-bond acceptors (Lipinski definition) is 6. The van der Waals surface area contributed by atoms with Crippen LogP contribution in [-0.2, 0) is 20.7 Å². The minimum atomic E-state index is -0.452. The normalized spacial score (nSPS) is 11.4. The van der Waals surface area contributed by atoms with Crippen LogP contribution in [-0.4, -0.2) is 39.5 Å². The van der Waals surface area contributed by atoms with E-state index in [4.69, 9.17) is 23.7 Å². The summed E-state index contributed by atoms with van der Waals surface area (Å²) in [6, 6.07) is 22.9. The number of esters is 1. The Hall–Kier alpha value is -3.77. The first kappa shape index (κ1) is 26.8. The van der Waals surface area contributed by atoms with Gasteiger partial charge in [-0.2, -0.15) is 0 Å². The van der Waals surface area contributed by atoms with E-state index in [1.54, 1.807) is 14.0 Å². The molecule has 0 bridgehead atoms. The van der Waals surface area contributed by atoms with Crippen LogP contribution < -0.4 is 14.2 Å². The van der Waals surface area contributed by atoms with Gasteiger partial charge in [0.2, 0.25) is 0 Å². The molecule has 3 aromatic carbocycles. The Labute approximate surface area is 213 Å². The van der Waals surface area contributed by atoms with E-state index in [0.29, 0.717) is 32.7 Å². The fourth-order valence-corrected chi connectivity index (χ4v) is 3.64. The Morgan fingerprint density at radius 1 is 0.917 bits per heavy atom. The minimum Gasteiger partial charge on any atom is -0.493 e. The highest BCUT2D eigenvalue weighted by atomic mass is 16.5. The molecule has 0 amide bonds. The number of hydrogen-bond donors (Lipinski definition) is 0. The van der Waals surface area contributed by atoms with Crippen LogP contribution in [0.3, 0.4) is 0 Å². The van der Waals surface area contributed by atoms with Gasteiger partial charge in [0.15, 0.2) is 0 Å². The first-order valence-electron chi connectivity index (χ1n) is 12.1. The number of methoxy groups -OCH3 is 1. The molecule has 190 valence electrons. The lowest BCUT2D eigenvalue weighted by atomic mass is 10.00. The zero-order valence-corrected chi connectivity index (χ0v) is 21.0. The third-order valence-corrected chi connectivity index (χ3v) is 5.38. The van der Waals surface area contributed by atoms with Crippen molar-refractivity contribution in [3.05, 3.63) is 96.6 Å². The predicted octanol–water partition coefficient (Wildman–Crippen LogP) is 6.35. The maximum absolute atomic E-state index is 12.2. The number of rotatable bonds is 15. The van der Waals surface area contributed by atoms with Crippen molar-refractivity contribution in [3.63, 3.8) is 0 Å². The first-order valence-corrected chi connectivity index (χ1v) is 12.1. The van der Waals surface area contributed by atoms with Crippen LogP contribution in [0.1, 0.15) is 30.4 Å². The number of para-hydroxylation sites is 1. The molecule has 0 N–H and O–H groups in total. The molecule has 1 atom stereocenters. The molecule has 3 aromatic rings. The van der Waals surface area contributed by atoms with Crippen molar-refractivity contribution in [2.45, 2.75) is 25.7 Å². The summed E-state index contributed by atoms with van der Waals surface area (Å²) >= 11 is 0. The monoisotopic (exact) mass is 490 g/mol. The van der Waals surface area contributed by atoms with Crippen molar-refractivity contribution in [2.75, 3.05) is 33.5 Å². The van der Waals surface area contributed by atoms with E-state index in [1.165, 1.54) is 0 Å². The van der Waals surface area contributed by atoms with E-state index >= 15 is 0 Å². The molecule has 1 unspecified atom stereocenters. The Morgan fingerprint density at radius 2 is 1.64 bits per heavy atom. The number of ether oxygens (including phenoxy) is 5. The minimum absolute atomic E-state index is 0.267. The summed E-state index contributed by atoms with van der Waals surface area (Å²) in [6.07, 6.45) is 3.24. The standard InChI is InChI=1S/C30H34O6/c1-4-10-24-21-27(36-26-11-7-6-8-12-26)17-18-29(24)35-20-9-19-34-25-15-13-23(14-16-25)28(22-32-3)30(31)33-5-2/h4,6-8,11-18,21,28H,1,5,9-10,19-20,22H2,2-3H3. The van der Waals surface area contributed by atoms with Gasteiger partial charge in [-0.1, -0.05) is 36.4 Å². The molecule has 0 heterocycles. The molecular weight excluding hydrogens is 456 g/mol. The molecule has 0 fully saturated rings. The lowest BCUT2D eigenvalue weighted by Crippen LogP contribution is -2.20. The molecule has 0 spiro atoms. The smallest absolute Gasteiger partial charge is 0.315 e. The number of carbonyl (C=O) groups is 1. The van der Waals surface area contributed by atoms with Crippen LogP contribution in [0.15, 0.2) is 85.5 Å². The fourth-order valence-electron chi connectivity index (χ4n) is 3.64.